The van der Waals surface area contributed by atoms with Crippen LogP contribution < -0.4 is 19.6 Å². The Hall–Kier alpha value is -7.91. The summed E-state index contributed by atoms with van der Waals surface area (Å²) in [6.07, 6.45) is 12.7. The second-order valence-electron chi connectivity index (χ2n) is 33.8. The number of carbonyl (C=O) groups is 8. The number of nitrogens with one attached hydrogen (secondary N) is 1. The van der Waals surface area contributed by atoms with Crippen LogP contribution in [0.25, 0.3) is 21.8 Å². The predicted molar refractivity (Wildman–Crippen MR) is 414 cm³/mol. The monoisotopic (exact) mass is 1590 g/mol. The van der Waals surface area contributed by atoms with Gasteiger partial charge in [0.2, 0.25) is 11.8 Å². The zero-order valence-corrected chi connectivity index (χ0v) is 68.2. The first-order chi connectivity index (χ1) is 52.1. The molecule has 6 heterocycles. The number of amidine groups is 1. The Labute approximate surface area is 659 Å². The molecule has 26 nitrogen and oxygen atoms in total. The molecule has 9 aliphatic rings. The van der Waals surface area contributed by atoms with E-state index in [1.54, 1.807) is 58.1 Å². The summed E-state index contributed by atoms with van der Waals surface area (Å²) in [7, 11) is 8.01. The number of carboxylic acids is 1. The fraction of sp³-hybridized carbons (Fsp3) is 0.625. The van der Waals surface area contributed by atoms with Crippen LogP contribution in [0.5, 0.6) is 17.2 Å². The summed E-state index contributed by atoms with van der Waals surface area (Å²) in [5.41, 5.74) is -2.13. The SMILES string of the molecule is CC[C@@H]1C[C@]1(CC(=O)[C@@H]1C[C@@H](Oc2cc(Sc3nncn3C)nc3c(Cl)c(OC)ccc23)CN1C(=O)[C@@H](CC(=O)OC1C[C@@H]2C[C@@H]2C1)C(C)(C)C)C(=O)O.CC[C@@H]1C[C@]1(CC(=O)[C@@H]1C[C@H](C)CN1C(=O)[C@@H](CC(=O)OC1C[C@@H]2C[C@@H]2C1)C(C)(C)C)C(=O)OC.COc1ccc2c(=O)cc(SC3=NN=[C+]N3C)[nH]c2c1Cl. The summed E-state index contributed by atoms with van der Waals surface area (Å²) in [4.78, 5) is 132. The van der Waals surface area contributed by atoms with Crippen LogP contribution in [0.1, 0.15) is 165 Å². The van der Waals surface area contributed by atoms with Crippen molar-refractivity contribution >= 4 is 127 Å². The molecule has 5 aromatic rings. The Morgan fingerprint density at radius 2 is 1.22 bits per heavy atom. The van der Waals surface area contributed by atoms with Crippen molar-refractivity contribution in [2.75, 3.05) is 41.5 Å². The highest BCUT2D eigenvalue weighted by atomic mass is 35.5. The van der Waals surface area contributed by atoms with Crippen molar-refractivity contribution in [2.24, 2.45) is 92.2 Å². The highest BCUT2D eigenvalue weighted by Crippen LogP contribution is 2.60. The second kappa shape index (κ2) is 32.7. The van der Waals surface area contributed by atoms with Gasteiger partial charge in [-0.05, 0) is 146 Å². The number of carbonyl (C=O) groups excluding carboxylic acids is 7. The van der Waals surface area contributed by atoms with Gasteiger partial charge in [-0.2, -0.15) is 0 Å². The second-order valence-corrected chi connectivity index (χ2v) is 36.5. The molecule has 2 saturated heterocycles. The van der Waals surface area contributed by atoms with Gasteiger partial charge >= 0.3 is 35.4 Å². The molecule has 3 aromatic heterocycles. The third kappa shape index (κ3) is 17.6. The average Bonchev–Trinajstić information content (AvgIpc) is 1.57. The molecule has 110 heavy (non-hydrogen) atoms. The average molecular weight is 1590 g/mol. The number of aromatic nitrogens is 5. The van der Waals surface area contributed by atoms with E-state index >= 15 is 0 Å². The van der Waals surface area contributed by atoms with Crippen LogP contribution in [-0.4, -0.2) is 175 Å². The van der Waals surface area contributed by atoms with Crippen molar-refractivity contribution in [1.29, 1.82) is 0 Å². The van der Waals surface area contributed by atoms with E-state index in [2.05, 4.69) is 31.7 Å². The number of methoxy groups -OCH3 is 3. The summed E-state index contributed by atoms with van der Waals surface area (Å²) in [6.45, 7) is 18.1. The number of aromatic amines is 1. The zero-order valence-electron chi connectivity index (χ0n) is 65.0. The van der Waals surface area contributed by atoms with Crippen molar-refractivity contribution < 1.29 is 71.9 Å². The van der Waals surface area contributed by atoms with E-state index in [4.69, 9.17) is 56.6 Å². The Morgan fingerprint density at radius 3 is 1.72 bits per heavy atom. The van der Waals surface area contributed by atoms with Gasteiger partial charge in [-0.3, -0.25) is 43.2 Å². The number of Topliss-reactive ketones (excluding diaryl/α,β-unsaturated/α-hetero) is 2. The minimum Gasteiger partial charge on any atom is -0.495 e. The molecule has 16 atom stereocenters. The van der Waals surface area contributed by atoms with E-state index in [1.165, 1.54) is 68.7 Å². The molecule has 592 valence electrons. The number of amides is 2. The Bertz CT molecular complexity index is 4520. The number of likely N-dealkylation sites (tertiary alicyclic amines) is 2. The molecular formula is C80H101Cl2N10O16S2+. The molecule has 0 spiro atoms. The van der Waals surface area contributed by atoms with Crippen LogP contribution in [-0.2, 0) is 59.6 Å². The number of halogens is 2. The summed E-state index contributed by atoms with van der Waals surface area (Å²) in [5, 5.41) is 30.0. The smallest absolute Gasteiger partial charge is 0.347 e. The first-order valence-corrected chi connectivity index (χ1v) is 40.6. The molecule has 0 bridgehead atoms. The summed E-state index contributed by atoms with van der Waals surface area (Å²) < 4.78 is 35.8. The highest BCUT2D eigenvalue weighted by molar-refractivity contribution is 8.13. The molecule has 2 amide bonds. The fourth-order valence-corrected chi connectivity index (χ4v) is 19.4. The number of aliphatic carboxylic acids is 1. The summed E-state index contributed by atoms with van der Waals surface area (Å²) in [5.74, 6) is 0.0486. The third-order valence-corrected chi connectivity index (χ3v) is 26.8. The number of carboxylic acid groups (broad SMARTS) is 1. The van der Waals surface area contributed by atoms with E-state index in [9.17, 15) is 48.3 Å². The molecule has 6 saturated carbocycles. The number of thioether (sulfide) groups is 1. The van der Waals surface area contributed by atoms with Crippen LogP contribution in [0, 0.1) is 74.9 Å². The molecule has 2 N–H and O–H groups in total. The zero-order chi connectivity index (χ0) is 79.4. The van der Waals surface area contributed by atoms with Crippen molar-refractivity contribution in [1.82, 2.24) is 39.4 Å². The predicted octanol–water partition coefficient (Wildman–Crippen LogP) is 12.9. The number of nitrogens with zero attached hydrogens (tertiary/aromatic N) is 9. The molecule has 30 heteroatoms. The number of ketones is 2. The van der Waals surface area contributed by atoms with Crippen molar-refractivity contribution in [3.8, 4) is 17.2 Å². The summed E-state index contributed by atoms with van der Waals surface area (Å²) >= 11 is 15.6. The quantitative estimate of drug-likeness (QED) is 0.0311. The van der Waals surface area contributed by atoms with Gasteiger partial charge in [-0.25, -0.2) is 4.98 Å². The van der Waals surface area contributed by atoms with E-state index in [0.717, 1.165) is 43.9 Å². The molecule has 0 radical (unpaired) electrons. The minimum atomic E-state index is -1.14. The lowest BCUT2D eigenvalue weighted by Crippen LogP contribution is -2.48. The van der Waals surface area contributed by atoms with Gasteiger partial charge in [0.05, 0.1) is 110 Å². The number of aryl methyl sites for hydroxylation is 1. The minimum absolute atomic E-state index is 0.0114. The topological polar surface area (TPSA) is 323 Å². The maximum absolute atomic E-state index is 14.7. The molecule has 8 fully saturated rings. The van der Waals surface area contributed by atoms with Crippen LogP contribution in [0.15, 0.2) is 72.9 Å². The lowest BCUT2D eigenvalue weighted by Gasteiger charge is -2.35. The van der Waals surface area contributed by atoms with Crippen LogP contribution >= 0.6 is 46.7 Å². The lowest BCUT2D eigenvalue weighted by molar-refractivity contribution is -0.157. The number of hydrogen-bond donors (Lipinski definition) is 2. The van der Waals surface area contributed by atoms with Gasteiger partial charge in [0.25, 0.3) is 0 Å². The third-order valence-electron chi connectivity index (χ3n) is 24.1. The first-order valence-electron chi connectivity index (χ1n) is 38.2. The van der Waals surface area contributed by atoms with Gasteiger partial charge in [0, 0.05) is 60.9 Å². The largest absolute Gasteiger partial charge is 0.495 e. The van der Waals surface area contributed by atoms with Gasteiger partial charge in [0.15, 0.2) is 22.2 Å². The molecule has 14 rings (SSSR count). The Morgan fingerprint density at radius 1 is 0.682 bits per heavy atom. The van der Waals surface area contributed by atoms with Crippen molar-refractivity contribution in [2.45, 2.75) is 211 Å². The van der Waals surface area contributed by atoms with Gasteiger partial charge < -0.3 is 52.9 Å². The van der Waals surface area contributed by atoms with Crippen molar-refractivity contribution in [3.63, 3.8) is 0 Å². The van der Waals surface area contributed by atoms with E-state index in [1.807, 2.05) is 69.4 Å². The van der Waals surface area contributed by atoms with E-state index in [0.29, 0.717) is 114 Å². The van der Waals surface area contributed by atoms with Gasteiger partial charge in [0.1, 0.15) is 62.0 Å². The molecular weight excluding hydrogens is 1490 g/mol. The van der Waals surface area contributed by atoms with Gasteiger partial charge in [-0.15, -0.1) is 15.1 Å². The summed E-state index contributed by atoms with van der Waals surface area (Å²) in [6, 6.07) is 8.64. The number of rotatable bonds is 25. The molecule has 2 unspecified atom stereocenters. The number of pyridine rings is 2. The van der Waals surface area contributed by atoms with Crippen molar-refractivity contribution in [3.05, 3.63) is 63.0 Å². The van der Waals surface area contributed by atoms with Crippen LogP contribution in [0.2, 0.25) is 10.0 Å². The number of H-pyrrole nitrogens is 1. The maximum atomic E-state index is 14.7. The number of ether oxygens (including phenoxy) is 6. The van der Waals surface area contributed by atoms with E-state index in [-0.39, 0.29) is 109 Å². The van der Waals surface area contributed by atoms with Gasteiger partial charge in [-0.1, -0.05) is 98.4 Å². The molecule has 2 aromatic carbocycles. The lowest BCUT2D eigenvalue weighted by atomic mass is 9.77. The number of esters is 3. The number of fused-ring (bicyclic) bond motifs is 4. The van der Waals surface area contributed by atoms with Crippen LogP contribution in [0.3, 0.4) is 0 Å². The number of hydrogen-bond acceptors (Lipinski definition) is 23. The molecule has 3 aliphatic heterocycles. The van der Waals surface area contributed by atoms with Crippen LogP contribution in [0.4, 0.5) is 0 Å². The van der Waals surface area contributed by atoms with E-state index < -0.39 is 63.6 Å². The highest BCUT2D eigenvalue weighted by Gasteiger charge is 2.63. The molecule has 6 aliphatic carbocycles. The Kier molecular flexibility index (Phi) is 24.2. The Balaban J connectivity index is 0.000000171. The maximum Gasteiger partial charge on any atom is 0.347 e. The number of benzene rings is 2. The standard InChI is InChI=1S/C39H48ClN5O8S.C28H43NO6.C13H9ClN4O2S/c1-7-22-16-39(22,36(49)50)17-28(46)27-13-24(18-45(27)35(48)26(38(2,3)4)14-32(47)53-23-11-20-10-21(20)12-23)52-30-15-31(54-37-43-41-19-44(37)5)42-34-25(30)8-9-29(51-6)33(34)40;1-7-19-13-28(19,26(33)34-6)14-23(30)22-8-16(2)15-29(22)25(32)21(27(3,4)5)12-24(31)35-20-10-17-9-18(17)11-20;1-18-6-15-17-13(18)21-10-5-8(19)7-3-4-9(20-2)11(14)12(7)16-10/h8-9,15,19-24,26-27H,7,10-14,16-18H2,1-6H3,(H,49,50);16-22H,7-15H2,1-6H3;3-5H,1-2H3/p+1/t20-,21+,22-,23?,24-,26-,27+,39-;16-,17-,18+,19+,20?,21+,22-,28+;/m10./s1. The normalized spacial score (nSPS) is 27.7. The first kappa shape index (κ1) is 81.6. The fourth-order valence-electron chi connectivity index (χ4n) is 17.3.